The molecule has 1 aliphatic heterocycles. The van der Waals surface area contributed by atoms with Crippen molar-refractivity contribution in [2.75, 3.05) is 18.6 Å². The molecule has 39 heavy (non-hydrogen) atoms. The summed E-state index contributed by atoms with van der Waals surface area (Å²) in [5, 5.41) is 9.49. The highest BCUT2D eigenvalue weighted by molar-refractivity contribution is 5.69. The first kappa shape index (κ1) is 26.3. The van der Waals surface area contributed by atoms with E-state index >= 15 is 0 Å². The minimum Gasteiger partial charge on any atom is -0.497 e. The summed E-state index contributed by atoms with van der Waals surface area (Å²) in [6.07, 6.45) is 0.917. The van der Waals surface area contributed by atoms with Gasteiger partial charge in [0, 0.05) is 29.8 Å². The largest absolute Gasteiger partial charge is 0.497 e. The zero-order chi connectivity index (χ0) is 27.4. The van der Waals surface area contributed by atoms with Gasteiger partial charge >= 0.3 is 5.97 Å². The third-order valence-electron chi connectivity index (χ3n) is 7.49. The van der Waals surface area contributed by atoms with Crippen LogP contribution >= 0.6 is 0 Å². The minimum atomic E-state index is -0.783. The van der Waals surface area contributed by atoms with Gasteiger partial charge < -0.3 is 19.5 Å². The van der Waals surface area contributed by atoms with Crippen molar-refractivity contribution >= 4 is 11.7 Å². The lowest BCUT2D eigenvalue weighted by molar-refractivity contribution is -0.137. The Bertz CT molecular complexity index is 1440. The number of carboxylic acid groups (broad SMARTS) is 1. The molecule has 1 fully saturated rings. The predicted octanol–water partition coefficient (Wildman–Crippen LogP) is 7.23. The lowest BCUT2D eigenvalue weighted by Gasteiger charge is -2.26. The summed E-state index contributed by atoms with van der Waals surface area (Å²) in [6, 6.07) is 28.6. The normalized spacial score (nSPS) is 16.7. The van der Waals surface area contributed by atoms with Crippen LogP contribution in [0.5, 0.6) is 11.5 Å². The quantitative estimate of drug-likeness (QED) is 0.250. The van der Waals surface area contributed by atoms with Crippen molar-refractivity contribution in [3.63, 3.8) is 0 Å². The second-order valence-electron chi connectivity index (χ2n) is 10.0. The van der Waals surface area contributed by atoms with Gasteiger partial charge in [0.05, 0.1) is 13.5 Å². The van der Waals surface area contributed by atoms with Gasteiger partial charge in [0.1, 0.15) is 23.9 Å². The summed E-state index contributed by atoms with van der Waals surface area (Å²) in [6.45, 7) is 3.15. The summed E-state index contributed by atoms with van der Waals surface area (Å²) < 4.78 is 25.7. The van der Waals surface area contributed by atoms with E-state index in [9.17, 15) is 14.3 Å². The van der Waals surface area contributed by atoms with Crippen molar-refractivity contribution in [3.05, 3.63) is 114 Å². The van der Waals surface area contributed by atoms with E-state index in [1.54, 1.807) is 19.2 Å². The zero-order valence-corrected chi connectivity index (χ0v) is 22.1. The number of ether oxygens (including phenoxy) is 2. The Kier molecular flexibility index (Phi) is 7.82. The van der Waals surface area contributed by atoms with E-state index in [2.05, 4.69) is 17.0 Å². The fourth-order valence-electron chi connectivity index (χ4n) is 5.37. The molecule has 5 rings (SSSR count). The van der Waals surface area contributed by atoms with Gasteiger partial charge in [-0.25, -0.2) is 4.39 Å². The summed E-state index contributed by atoms with van der Waals surface area (Å²) in [5.74, 6) is 0.559. The lowest BCUT2D eigenvalue weighted by atomic mass is 9.95. The van der Waals surface area contributed by atoms with Crippen molar-refractivity contribution in [2.24, 2.45) is 0 Å². The van der Waals surface area contributed by atoms with Crippen molar-refractivity contribution in [1.29, 1.82) is 0 Å². The Balaban J connectivity index is 1.26. The molecule has 2 atom stereocenters. The number of anilines is 1. The number of halogens is 1. The Morgan fingerprint density at radius 3 is 2.41 bits per heavy atom. The van der Waals surface area contributed by atoms with Gasteiger partial charge in [-0.2, -0.15) is 0 Å². The molecule has 0 unspecified atom stereocenters. The molecular weight excluding hydrogens is 493 g/mol. The molecule has 200 valence electrons. The number of methoxy groups -OCH3 is 1. The van der Waals surface area contributed by atoms with Crippen molar-refractivity contribution in [3.8, 4) is 22.6 Å². The molecule has 1 saturated heterocycles. The van der Waals surface area contributed by atoms with Crippen LogP contribution in [0.2, 0.25) is 0 Å². The standard InChI is InChI=1S/C33H32FNO4/c1-22-16-24(31-19-30(38-2)14-15-32(31)34)8-9-25(22)21-39-29-12-10-27(11-13-29)35-20-26(17-28(35)18-33(36)37)23-6-4-3-5-7-23/h3-16,19,26,28H,17-18,20-21H2,1-2H3,(H,36,37)/t26-,28-/m1/s1. The Labute approximate surface area is 228 Å². The zero-order valence-electron chi connectivity index (χ0n) is 22.1. The highest BCUT2D eigenvalue weighted by Crippen LogP contribution is 2.37. The number of aryl methyl sites for hydroxylation is 1. The van der Waals surface area contributed by atoms with Crippen LogP contribution in [0.15, 0.2) is 91.0 Å². The minimum absolute atomic E-state index is 0.0601. The fraction of sp³-hybridized carbons (Fsp3) is 0.242. The lowest BCUT2D eigenvalue weighted by Crippen LogP contribution is -2.31. The molecule has 0 aliphatic carbocycles. The molecule has 0 bridgehead atoms. The number of hydrogen-bond acceptors (Lipinski definition) is 4. The van der Waals surface area contributed by atoms with Crippen LogP contribution in [0, 0.1) is 12.7 Å². The van der Waals surface area contributed by atoms with E-state index in [0.29, 0.717) is 23.8 Å². The average Bonchev–Trinajstić information content (AvgIpc) is 3.36. The third-order valence-corrected chi connectivity index (χ3v) is 7.49. The maximum Gasteiger partial charge on any atom is 0.305 e. The van der Waals surface area contributed by atoms with E-state index < -0.39 is 5.97 Å². The van der Waals surface area contributed by atoms with Gasteiger partial charge in [-0.3, -0.25) is 4.79 Å². The van der Waals surface area contributed by atoms with Crippen molar-refractivity contribution in [1.82, 2.24) is 0 Å². The SMILES string of the molecule is COc1ccc(F)c(-c2ccc(COc3ccc(N4C[C@H](c5ccccc5)C[C@@H]4CC(=O)O)cc3)c(C)c2)c1. The monoisotopic (exact) mass is 525 g/mol. The number of carbonyl (C=O) groups is 1. The Morgan fingerprint density at radius 2 is 1.72 bits per heavy atom. The molecule has 1 heterocycles. The first-order chi connectivity index (χ1) is 18.9. The van der Waals surface area contributed by atoms with Gasteiger partial charge in [-0.1, -0.05) is 48.5 Å². The predicted molar refractivity (Wildman–Crippen MR) is 151 cm³/mol. The maximum atomic E-state index is 14.4. The summed E-state index contributed by atoms with van der Waals surface area (Å²) in [4.78, 5) is 13.8. The van der Waals surface area contributed by atoms with Crippen LogP contribution < -0.4 is 14.4 Å². The molecule has 0 radical (unpaired) electrons. The number of aliphatic carboxylic acids is 1. The van der Waals surface area contributed by atoms with Crippen molar-refractivity contribution < 1.29 is 23.8 Å². The molecule has 6 heteroatoms. The molecule has 1 aliphatic rings. The molecule has 0 aromatic heterocycles. The molecule has 0 spiro atoms. The number of rotatable bonds is 9. The number of benzene rings is 4. The molecule has 5 nitrogen and oxygen atoms in total. The van der Waals surface area contributed by atoms with Crippen LogP contribution in [0.1, 0.15) is 35.4 Å². The molecule has 1 N–H and O–H groups in total. The van der Waals surface area contributed by atoms with Crippen LogP contribution in [0.4, 0.5) is 10.1 Å². The van der Waals surface area contributed by atoms with Crippen LogP contribution in [0.3, 0.4) is 0 Å². The first-order valence-electron chi connectivity index (χ1n) is 13.1. The molecule has 0 saturated carbocycles. The van der Waals surface area contributed by atoms with Crippen molar-refractivity contribution in [2.45, 2.75) is 38.3 Å². The maximum absolute atomic E-state index is 14.4. The third kappa shape index (κ3) is 6.06. The topological polar surface area (TPSA) is 59.0 Å². The van der Waals surface area contributed by atoms with Gasteiger partial charge in [0.25, 0.3) is 0 Å². The summed E-state index contributed by atoms with van der Waals surface area (Å²) in [7, 11) is 1.57. The van der Waals surface area contributed by atoms with Gasteiger partial charge in [-0.05, 0) is 78.1 Å². The average molecular weight is 526 g/mol. The van der Waals surface area contributed by atoms with Gasteiger partial charge in [-0.15, -0.1) is 0 Å². The van der Waals surface area contributed by atoms with Crippen LogP contribution in [0.25, 0.3) is 11.1 Å². The van der Waals surface area contributed by atoms with E-state index in [0.717, 1.165) is 41.1 Å². The highest BCUT2D eigenvalue weighted by atomic mass is 19.1. The molecule has 4 aromatic rings. The Hall–Kier alpha value is -4.32. The Morgan fingerprint density at radius 1 is 0.974 bits per heavy atom. The van der Waals surface area contributed by atoms with Crippen LogP contribution in [-0.2, 0) is 11.4 Å². The van der Waals surface area contributed by atoms with E-state index in [4.69, 9.17) is 9.47 Å². The second kappa shape index (κ2) is 11.6. The highest BCUT2D eigenvalue weighted by Gasteiger charge is 2.34. The molecule has 4 aromatic carbocycles. The molecule has 0 amide bonds. The van der Waals surface area contributed by atoms with E-state index in [1.165, 1.54) is 11.6 Å². The number of nitrogens with zero attached hydrogens (tertiary/aromatic N) is 1. The smallest absolute Gasteiger partial charge is 0.305 e. The van der Waals surface area contributed by atoms with Gasteiger partial charge in [0.2, 0.25) is 0 Å². The fourth-order valence-corrected chi connectivity index (χ4v) is 5.37. The van der Waals surface area contributed by atoms with Crippen LogP contribution in [-0.4, -0.2) is 30.8 Å². The first-order valence-corrected chi connectivity index (χ1v) is 13.1. The van der Waals surface area contributed by atoms with Gasteiger partial charge in [0.15, 0.2) is 0 Å². The molecular formula is C33H32FNO4. The number of carboxylic acids is 1. The van der Waals surface area contributed by atoms with E-state index in [-0.39, 0.29) is 18.3 Å². The summed E-state index contributed by atoms with van der Waals surface area (Å²) in [5.41, 5.74) is 5.54. The van der Waals surface area contributed by atoms with E-state index in [1.807, 2.05) is 67.6 Å². The number of hydrogen-bond donors (Lipinski definition) is 1. The summed E-state index contributed by atoms with van der Waals surface area (Å²) >= 11 is 0. The second-order valence-corrected chi connectivity index (χ2v) is 10.0.